The van der Waals surface area contributed by atoms with Gasteiger partial charge in [0.05, 0.1) is 29.0 Å². The Balaban J connectivity index is 0.00000181. The summed E-state index contributed by atoms with van der Waals surface area (Å²) in [6.07, 6.45) is 2.40. The van der Waals surface area contributed by atoms with Crippen LogP contribution in [0.3, 0.4) is 0 Å². The van der Waals surface area contributed by atoms with Crippen LogP contribution < -0.4 is 0 Å². The van der Waals surface area contributed by atoms with Crippen LogP contribution in [0, 0.1) is 5.92 Å². The van der Waals surface area contributed by atoms with E-state index in [0.717, 1.165) is 34.4 Å². The Morgan fingerprint density at radius 2 is 1.79 bits per heavy atom. The molecule has 0 spiro atoms. The first kappa shape index (κ1) is 18.9. The Kier molecular flexibility index (Phi) is 4.57. The van der Waals surface area contributed by atoms with Crippen LogP contribution in [0.4, 0.5) is 0 Å². The van der Waals surface area contributed by atoms with E-state index < -0.39 is 0 Å². The molecule has 7 heteroatoms. The first-order valence-electron chi connectivity index (χ1n) is 9.99. The number of amides is 1. The van der Waals surface area contributed by atoms with Crippen LogP contribution in [-0.2, 0) is 6.54 Å². The minimum atomic E-state index is 0. The molecule has 5 nitrogen and oxygen atoms in total. The van der Waals surface area contributed by atoms with E-state index in [4.69, 9.17) is 16.7 Å². The summed E-state index contributed by atoms with van der Waals surface area (Å²) in [5, 5.41) is 6.63. The highest BCUT2D eigenvalue weighted by atomic mass is 35.5. The molecule has 1 atom stereocenters. The number of hydrogen-bond acceptors (Lipinski definition) is 3. The summed E-state index contributed by atoms with van der Waals surface area (Å²) in [6, 6.07) is 14.0. The first-order chi connectivity index (χ1) is 13.7. The molecule has 0 unspecified atom stereocenters. The number of benzene rings is 2. The van der Waals surface area contributed by atoms with Gasteiger partial charge in [-0.2, -0.15) is 5.10 Å². The number of nitrogens with zero attached hydrogens (tertiary/aromatic N) is 4. The zero-order chi connectivity index (χ0) is 18.8. The highest BCUT2D eigenvalue weighted by Crippen LogP contribution is 2.37. The predicted octanol–water partition coefficient (Wildman–Crippen LogP) is 4.15. The van der Waals surface area contributed by atoms with Crippen molar-refractivity contribution in [1.29, 1.82) is 0 Å². The molecule has 5 heterocycles. The molecule has 2 aromatic carbocycles. The van der Waals surface area contributed by atoms with E-state index in [9.17, 15) is 4.79 Å². The third kappa shape index (κ3) is 2.87. The zero-order valence-electron chi connectivity index (χ0n) is 15.9. The third-order valence-corrected chi connectivity index (χ3v) is 6.94. The van der Waals surface area contributed by atoms with Crippen LogP contribution in [-0.4, -0.2) is 51.2 Å². The molecule has 2 bridgehead atoms. The van der Waals surface area contributed by atoms with Crippen LogP contribution >= 0.6 is 24.0 Å². The van der Waals surface area contributed by atoms with Crippen LogP contribution in [0.15, 0.2) is 42.5 Å². The largest absolute Gasteiger partial charge is 0.328 e. The van der Waals surface area contributed by atoms with Gasteiger partial charge in [-0.25, -0.2) is 4.68 Å². The lowest BCUT2D eigenvalue weighted by Gasteiger charge is -2.49. The Morgan fingerprint density at radius 1 is 1.03 bits per heavy atom. The number of piperidine rings is 3. The van der Waals surface area contributed by atoms with E-state index in [1.54, 1.807) is 0 Å². The van der Waals surface area contributed by atoms with Gasteiger partial charge in [0, 0.05) is 23.0 Å². The summed E-state index contributed by atoms with van der Waals surface area (Å²) >= 11 is 6.06. The summed E-state index contributed by atoms with van der Waals surface area (Å²) < 4.78 is 1.94. The van der Waals surface area contributed by atoms with Crippen LogP contribution in [0.1, 0.15) is 28.9 Å². The predicted molar refractivity (Wildman–Crippen MR) is 116 cm³/mol. The van der Waals surface area contributed by atoms with Crippen molar-refractivity contribution in [3.63, 3.8) is 0 Å². The number of fused-ring (bicyclic) bond motifs is 3. The van der Waals surface area contributed by atoms with Gasteiger partial charge in [0.15, 0.2) is 0 Å². The third-order valence-electron chi connectivity index (χ3n) is 6.68. The number of aromatic nitrogens is 2. The Labute approximate surface area is 180 Å². The number of halogens is 2. The van der Waals surface area contributed by atoms with Crippen LogP contribution in [0.25, 0.3) is 16.6 Å². The summed E-state index contributed by atoms with van der Waals surface area (Å²) in [4.78, 5) is 18.0. The molecule has 3 aromatic rings. The standard InChI is InChI=1S/C22H21ClN4O.ClH/c23-15-4-6-16(7-5-15)27-19-3-1-2-17-21(19)18(24-27)12-26(22(17)28)20-13-25-10-8-14(20)9-11-25;/h1-7,14,20H,8-13H2;1H/t20-;/m0./s1. The smallest absolute Gasteiger partial charge is 0.255 e. The molecule has 150 valence electrons. The van der Waals surface area contributed by atoms with Gasteiger partial charge in [0.1, 0.15) is 0 Å². The lowest BCUT2D eigenvalue weighted by molar-refractivity contribution is 0.00364. The molecule has 1 aromatic heterocycles. The molecule has 4 aliphatic rings. The maximum absolute atomic E-state index is 13.4. The van der Waals surface area contributed by atoms with Crippen molar-refractivity contribution in [2.45, 2.75) is 25.4 Å². The molecule has 0 N–H and O–H groups in total. The van der Waals surface area contributed by atoms with E-state index in [-0.39, 0.29) is 18.3 Å². The van der Waals surface area contributed by atoms with E-state index >= 15 is 0 Å². The lowest BCUT2D eigenvalue weighted by Crippen LogP contribution is -2.59. The number of hydrogen-bond donors (Lipinski definition) is 0. The van der Waals surface area contributed by atoms with Crippen molar-refractivity contribution in [2.75, 3.05) is 19.6 Å². The van der Waals surface area contributed by atoms with E-state index in [0.29, 0.717) is 23.5 Å². The van der Waals surface area contributed by atoms with Crippen molar-refractivity contribution in [2.24, 2.45) is 5.92 Å². The highest BCUT2D eigenvalue weighted by Gasteiger charge is 2.42. The Bertz CT molecular complexity index is 1090. The number of rotatable bonds is 2. The molecule has 0 saturated carbocycles. The van der Waals surface area contributed by atoms with E-state index in [1.165, 1.54) is 25.9 Å². The highest BCUT2D eigenvalue weighted by molar-refractivity contribution is 6.30. The summed E-state index contributed by atoms with van der Waals surface area (Å²) in [5.41, 5.74) is 3.73. The fourth-order valence-corrected chi connectivity index (χ4v) is 5.38. The molecule has 3 saturated heterocycles. The van der Waals surface area contributed by atoms with Gasteiger partial charge in [0.25, 0.3) is 5.91 Å². The van der Waals surface area contributed by atoms with Gasteiger partial charge in [0.2, 0.25) is 0 Å². The summed E-state index contributed by atoms with van der Waals surface area (Å²) in [5.74, 6) is 0.778. The zero-order valence-corrected chi connectivity index (χ0v) is 17.5. The monoisotopic (exact) mass is 428 g/mol. The summed E-state index contributed by atoms with van der Waals surface area (Å²) in [6.45, 7) is 3.95. The SMILES string of the molecule is Cl.O=C1c2cccc3c2c(nn3-c2ccc(Cl)cc2)CN1[C@H]1CN2CCC1CC2. The summed E-state index contributed by atoms with van der Waals surface area (Å²) in [7, 11) is 0. The molecule has 0 aliphatic carbocycles. The minimum absolute atomic E-state index is 0. The van der Waals surface area contributed by atoms with Crippen molar-refractivity contribution in [1.82, 2.24) is 19.6 Å². The van der Waals surface area contributed by atoms with Gasteiger partial charge in [-0.3, -0.25) is 4.79 Å². The topological polar surface area (TPSA) is 41.4 Å². The van der Waals surface area contributed by atoms with Gasteiger partial charge in [-0.05, 0) is 68.2 Å². The Morgan fingerprint density at radius 3 is 2.48 bits per heavy atom. The first-order valence-corrected chi connectivity index (χ1v) is 10.4. The van der Waals surface area contributed by atoms with Crippen molar-refractivity contribution in [3.05, 3.63) is 58.7 Å². The molecule has 0 radical (unpaired) electrons. The average Bonchev–Trinajstić information content (AvgIpc) is 3.11. The quantitative estimate of drug-likeness (QED) is 0.615. The van der Waals surface area contributed by atoms with E-state index in [2.05, 4.69) is 9.80 Å². The molecular weight excluding hydrogens is 407 g/mol. The maximum Gasteiger partial charge on any atom is 0.255 e. The van der Waals surface area contributed by atoms with Gasteiger partial charge in [-0.1, -0.05) is 17.7 Å². The minimum Gasteiger partial charge on any atom is -0.328 e. The van der Waals surface area contributed by atoms with Gasteiger partial charge < -0.3 is 9.80 Å². The second-order valence-corrected chi connectivity index (χ2v) is 8.61. The van der Waals surface area contributed by atoms with Crippen molar-refractivity contribution < 1.29 is 4.79 Å². The second-order valence-electron chi connectivity index (χ2n) is 8.17. The molecule has 7 rings (SSSR count). The molecule has 29 heavy (non-hydrogen) atoms. The molecular formula is C22H22Cl2N4O. The van der Waals surface area contributed by atoms with Gasteiger partial charge >= 0.3 is 0 Å². The van der Waals surface area contributed by atoms with Crippen molar-refractivity contribution in [3.8, 4) is 5.69 Å². The van der Waals surface area contributed by atoms with Crippen LogP contribution in [0.2, 0.25) is 5.02 Å². The lowest BCUT2D eigenvalue weighted by atomic mass is 9.82. The maximum atomic E-state index is 13.4. The van der Waals surface area contributed by atoms with E-state index in [1.807, 2.05) is 47.1 Å². The Hall–Kier alpha value is -2.08. The van der Waals surface area contributed by atoms with Gasteiger partial charge in [-0.15, -0.1) is 12.4 Å². The molecule has 1 amide bonds. The number of carbonyl (C=O) groups is 1. The fraction of sp³-hybridized carbons (Fsp3) is 0.364. The normalized spacial score (nSPS) is 25.3. The fourth-order valence-electron chi connectivity index (χ4n) is 5.26. The molecule has 4 aliphatic heterocycles. The second kappa shape index (κ2) is 7.01. The number of carbonyl (C=O) groups excluding carboxylic acids is 1. The average molecular weight is 429 g/mol. The van der Waals surface area contributed by atoms with Crippen LogP contribution in [0.5, 0.6) is 0 Å². The van der Waals surface area contributed by atoms with Crippen molar-refractivity contribution >= 4 is 40.8 Å². The molecule has 3 fully saturated rings.